The highest BCUT2D eigenvalue weighted by molar-refractivity contribution is 7.09. The number of carbonyl (C=O) groups is 1. The molecular formula is C16H14N6OS. The van der Waals surface area contributed by atoms with Crippen molar-refractivity contribution in [1.29, 1.82) is 0 Å². The van der Waals surface area contributed by atoms with Gasteiger partial charge in [0.15, 0.2) is 11.4 Å². The third-order valence-corrected chi connectivity index (χ3v) is 4.65. The smallest absolute Gasteiger partial charge is 0.173 e. The van der Waals surface area contributed by atoms with E-state index < -0.39 is 0 Å². The quantitative estimate of drug-likeness (QED) is 0.534. The van der Waals surface area contributed by atoms with Gasteiger partial charge in [-0.25, -0.2) is 4.98 Å². The molecule has 0 amide bonds. The Labute approximate surface area is 141 Å². The van der Waals surface area contributed by atoms with Gasteiger partial charge in [-0.1, -0.05) is 0 Å². The lowest BCUT2D eigenvalue weighted by Crippen LogP contribution is -2.07. The number of fused-ring (bicyclic) bond motifs is 1. The zero-order valence-electron chi connectivity index (χ0n) is 13.2. The van der Waals surface area contributed by atoms with Crippen molar-refractivity contribution in [2.45, 2.75) is 13.3 Å². The van der Waals surface area contributed by atoms with Crippen molar-refractivity contribution in [3.05, 3.63) is 52.5 Å². The van der Waals surface area contributed by atoms with Crippen LogP contribution < -0.4 is 0 Å². The Morgan fingerprint density at radius 1 is 1.38 bits per heavy atom. The Kier molecular flexibility index (Phi) is 3.46. The minimum atomic E-state index is -0.0277. The fourth-order valence-electron chi connectivity index (χ4n) is 2.57. The van der Waals surface area contributed by atoms with Gasteiger partial charge in [0.1, 0.15) is 11.3 Å². The van der Waals surface area contributed by atoms with Crippen LogP contribution in [0.3, 0.4) is 0 Å². The van der Waals surface area contributed by atoms with Crippen LogP contribution in [-0.2, 0) is 13.5 Å². The predicted molar refractivity (Wildman–Crippen MR) is 90.1 cm³/mol. The van der Waals surface area contributed by atoms with E-state index in [2.05, 4.69) is 20.3 Å². The summed E-state index contributed by atoms with van der Waals surface area (Å²) < 4.78 is 3.48. The minimum absolute atomic E-state index is 0.0277. The van der Waals surface area contributed by atoms with Crippen LogP contribution in [0.5, 0.6) is 0 Å². The first kappa shape index (κ1) is 14.7. The van der Waals surface area contributed by atoms with Crippen LogP contribution >= 0.6 is 11.3 Å². The van der Waals surface area contributed by atoms with Crippen molar-refractivity contribution in [1.82, 2.24) is 29.4 Å². The standard InChI is InChI=1S/C16H14N6OS/c1-10-8-24-15(18-10)6-14(23)12-5-11(13-3-4-21(2)20-13)7-22-9-17-19-16(12)22/h3-5,7-9H,6H2,1-2H3. The molecule has 0 bridgehead atoms. The second-order valence-corrected chi connectivity index (χ2v) is 6.50. The molecule has 0 atom stereocenters. The zero-order chi connectivity index (χ0) is 16.7. The van der Waals surface area contributed by atoms with Gasteiger partial charge in [0.25, 0.3) is 0 Å². The number of hydrogen-bond acceptors (Lipinski definition) is 6. The molecule has 0 radical (unpaired) electrons. The molecule has 0 aliphatic rings. The van der Waals surface area contributed by atoms with E-state index in [4.69, 9.17) is 0 Å². The molecule has 4 heterocycles. The number of aromatic nitrogens is 6. The Morgan fingerprint density at radius 3 is 2.96 bits per heavy atom. The summed E-state index contributed by atoms with van der Waals surface area (Å²) in [6.07, 6.45) is 5.59. The third-order valence-electron chi connectivity index (χ3n) is 3.68. The van der Waals surface area contributed by atoms with E-state index >= 15 is 0 Å². The summed E-state index contributed by atoms with van der Waals surface area (Å²) in [6.45, 7) is 1.92. The SMILES string of the molecule is Cc1csc(CC(=O)c2cc(-c3ccn(C)n3)cn3cnnc23)n1. The molecule has 4 aromatic heterocycles. The van der Waals surface area contributed by atoms with Crippen LogP contribution in [0.25, 0.3) is 16.9 Å². The Balaban J connectivity index is 1.78. The maximum Gasteiger partial charge on any atom is 0.173 e. The van der Waals surface area contributed by atoms with Crippen molar-refractivity contribution in [3.63, 3.8) is 0 Å². The monoisotopic (exact) mass is 338 g/mol. The van der Waals surface area contributed by atoms with Gasteiger partial charge in [0.05, 0.1) is 17.7 Å². The number of carbonyl (C=O) groups excluding carboxylic acids is 1. The Hall–Kier alpha value is -2.87. The summed E-state index contributed by atoms with van der Waals surface area (Å²) in [4.78, 5) is 17.2. The van der Waals surface area contributed by atoms with Gasteiger partial charge in [-0.15, -0.1) is 21.5 Å². The van der Waals surface area contributed by atoms with Crippen LogP contribution in [0.2, 0.25) is 0 Å². The molecule has 0 fully saturated rings. The molecule has 120 valence electrons. The molecule has 0 unspecified atom stereocenters. The van der Waals surface area contributed by atoms with E-state index in [0.717, 1.165) is 22.0 Å². The van der Waals surface area contributed by atoms with Crippen molar-refractivity contribution >= 4 is 22.8 Å². The van der Waals surface area contributed by atoms with Gasteiger partial charge in [0, 0.05) is 36.1 Å². The molecule has 0 spiro atoms. The van der Waals surface area contributed by atoms with Crippen LogP contribution in [-0.4, -0.2) is 35.1 Å². The summed E-state index contributed by atoms with van der Waals surface area (Å²) in [5, 5.41) is 15.1. The molecule has 0 saturated heterocycles. The summed E-state index contributed by atoms with van der Waals surface area (Å²) in [5.74, 6) is -0.0277. The largest absolute Gasteiger partial charge is 0.294 e. The highest BCUT2D eigenvalue weighted by Crippen LogP contribution is 2.22. The molecule has 0 aliphatic carbocycles. The second kappa shape index (κ2) is 5.64. The average molecular weight is 338 g/mol. The summed E-state index contributed by atoms with van der Waals surface area (Å²) in [7, 11) is 1.86. The number of nitrogens with zero attached hydrogens (tertiary/aromatic N) is 6. The molecule has 4 rings (SSSR count). The second-order valence-electron chi connectivity index (χ2n) is 5.56. The van der Waals surface area contributed by atoms with E-state index in [1.807, 2.05) is 43.9 Å². The number of aryl methyl sites for hydroxylation is 2. The van der Waals surface area contributed by atoms with Crippen LogP contribution in [0.1, 0.15) is 21.1 Å². The topological polar surface area (TPSA) is 78.0 Å². The zero-order valence-corrected chi connectivity index (χ0v) is 14.0. The molecule has 0 aliphatic heterocycles. The highest BCUT2D eigenvalue weighted by atomic mass is 32.1. The fourth-order valence-corrected chi connectivity index (χ4v) is 3.34. The normalized spacial score (nSPS) is 11.2. The molecule has 4 aromatic rings. The van der Waals surface area contributed by atoms with Crippen LogP contribution in [0.4, 0.5) is 0 Å². The summed E-state index contributed by atoms with van der Waals surface area (Å²) in [6, 6.07) is 3.74. The first-order valence-electron chi connectivity index (χ1n) is 7.38. The van der Waals surface area contributed by atoms with Crippen LogP contribution in [0.15, 0.2) is 36.2 Å². The maximum atomic E-state index is 12.8. The third kappa shape index (κ3) is 2.61. The van der Waals surface area contributed by atoms with E-state index in [0.29, 0.717) is 11.2 Å². The molecule has 0 aromatic carbocycles. The van der Waals surface area contributed by atoms with E-state index in [1.54, 1.807) is 15.4 Å². The van der Waals surface area contributed by atoms with Crippen LogP contribution in [0, 0.1) is 6.92 Å². The molecule has 0 saturated carbocycles. The molecule has 8 heteroatoms. The lowest BCUT2D eigenvalue weighted by atomic mass is 10.1. The molecule has 24 heavy (non-hydrogen) atoms. The van der Waals surface area contributed by atoms with Gasteiger partial charge in [-0.05, 0) is 19.1 Å². The number of rotatable bonds is 4. The maximum absolute atomic E-state index is 12.8. The molecular weight excluding hydrogens is 324 g/mol. The van der Waals surface area contributed by atoms with Crippen molar-refractivity contribution in [2.24, 2.45) is 7.05 Å². The van der Waals surface area contributed by atoms with E-state index in [9.17, 15) is 4.79 Å². The molecule has 7 nitrogen and oxygen atoms in total. The number of thiazole rings is 1. The highest BCUT2D eigenvalue weighted by Gasteiger charge is 2.17. The fraction of sp³-hybridized carbons (Fsp3) is 0.188. The number of ketones is 1. The average Bonchev–Trinajstić information content (AvgIpc) is 3.27. The summed E-state index contributed by atoms with van der Waals surface area (Å²) in [5.41, 5.74) is 3.66. The lowest BCUT2D eigenvalue weighted by molar-refractivity contribution is 0.0994. The van der Waals surface area contributed by atoms with Gasteiger partial charge in [-0.2, -0.15) is 5.10 Å². The van der Waals surface area contributed by atoms with Crippen molar-refractivity contribution in [3.8, 4) is 11.3 Å². The Morgan fingerprint density at radius 2 is 2.25 bits per heavy atom. The minimum Gasteiger partial charge on any atom is -0.294 e. The van der Waals surface area contributed by atoms with E-state index in [-0.39, 0.29) is 12.2 Å². The van der Waals surface area contributed by atoms with E-state index in [1.165, 1.54) is 11.3 Å². The van der Waals surface area contributed by atoms with Crippen molar-refractivity contribution < 1.29 is 4.79 Å². The van der Waals surface area contributed by atoms with Gasteiger partial charge in [-0.3, -0.25) is 13.9 Å². The number of pyridine rings is 1. The summed E-state index contributed by atoms with van der Waals surface area (Å²) >= 11 is 1.49. The molecule has 0 N–H and O–H groups in total. The Bertz CT molecular complexity index is 1040. The van der Waals surface area contributed by atoms with Gasteiger partial charge >= 0.3 is 0 Å². The first-order valence-corrected chi connectivity index (χ1v) is 8.26. The predicted octanol–water partition coefficient (Wildman–Crippen LogP) is 2.32. The van der Waals surface area contributed by atoms with Gasteiger partial charge in [0.2, 0.25) is 0 Å². The van der Waals surface area contributed by atoms with Crippen molar-refractivity contribution in [2.75, 3.05) is 0 Å². The first-order chi connectivity index (χ1) is 11.6. The number of hydrogen-bond donors (Lipinski definition) is 0. The number of Topliss-reactive ketones (excluding diaryl/α,β-unsaturated/α-hetero) is 1. The lowest BCUT2D eigenvalue weighted by Gasteiger charge is -2.05. The van der Waals surface area contributed by atoms with Gasteiger partial charge < -0.3 is 0 Å².